The van der Waals surface area contributed by atoms with Crippen LogP contribution < -0.4 is 5.32 Å². The van der Waals surface area contributed by atoms with E-state index in [2.05, 4.69) is 31.3 Å². The van der Waals surface area contributed by atoms with Crippen LogP contribution in [0.15, 0.2) is 0 Å². The SMILES string of the molecule is OC1CN(I)CCN1. The summed E-state index contributed by atoms with van der Waals surface area (Å²) in [5.41, 5.74) is 0. The van der Waals surface area contributed by atoms with Crippen LogP contribution in [-0.2, 0) is 0 Å². The van der Waals surface area contributed by atoms with Crippen molar-refractivity contribution in [2.45, 2.75) is 6.23 Å². The largest absolute Gasteiger partial charge is 0.377 e. The standard InChI is InChI=1S/C4H9IN2O/c5-7-2-1-6-4(8)3-7/h4,6,8H,1-3H2. The summed E-state index contributed by atoms with van der Waals surface area (Å²) >= 11 is 2.21. The Balaban J connectivity index is 2.23. The number of aliphatic hydroxyl groups excluding tert-OH is 1. The first-order valence-electron chi connectivity index (χ1n) is 2.61. The van der Waals surface area contributed by atoms with Crippen LogP contribution >= 0.6 is 22.9 Å². The molecule has 4 heteroatoms. The molecule has 1 aliphatic heterocycles. The van der Waals surface area contributed by atoms with Crippen molar-refractivity contribution >= 4 is 22.9 Å². The fourth-order valence-electron chi connectivity index (χ4n) is 0.696. The summed E-state index contributed by atoms with van der Waals surface area (Å²) in [5, 5.41) is 11.8. The third kappa shape index (κ3) is 1.85. The van der Waals surface area contributed by atoms with Gasteiger partial charge in [0.15, 0.2) is 0 Å². The molecule has 3 nitrogen and oxygen atoms in total. The summed E-state index contributed by atoms with van der Waals surface area (Å²) in [5.74, 6) is 0. The molecule has 48 valence electrons. The Bertz CT molecular complexity index is 72.4. The Hall–Kier alpha value is 0.610. The Morgan fingerprint density at radius 1 is 1.75 bits per heavy atom. The molecule has 1 fully saturated rings. The molecular weight excluding hydrogens is 219 g/mol. The summed E-state index contributed by atoms with van der Waals surface area (Å²) in [4.78, 5) is 0. The van der Waals surface area contributed by atoms with Gasteiger partial charge in [-0.15, -0.1) is 0 Å². The number of aliphatic hydroxyl groups is 1. The first-order chi connectivity index (χ1) is 3.79. The average molecular weight is 228 g/mol. The number of hydrogen-bond acceptors (Lipinski definition) is 3. The molecule has 0 aromatic heterocycles. The molecular formula is C4H9IN2O. The van der Waals surface area contributed by atoms with Gasteiger partial charge in [0, 0.05) is 42.5 Å². The van der Waals surface area contributed by atoms with Crippen LogP contribution in [0.1, 0.15) is 0 Å². The average Bonchev–Trinajstić information content (AvgIpc) is 1.64. The highest BCUT2D eigenvalue weighted by Crippen LogP contribution is 2.01. The predicted molar refractivity (Wildman–Crippen MR) is 39.6 cm³/mol. The topological polar surface area (TPSA) is 35.5 Å². The van der Waals surface area contributed by atoms with Crippen LogP contribution in [0.5, 0.6) is 0 Å². The van der Waals surface area contributed by atoms with Gasteiger partial charge in [-0.2, -0.15) is 0 Å². The van der Waals surface area contributed by atoms with E-state index in [0.717, 1.165) is 19.6 Å². The number of β-amino-alcohol motifs (C(OH)–C–C–N with tert-alkyl or cyclic N) is 1. The van der Waals surface area contributed by atoms with Gasteiger partial charge in [-0.3, -0.25) is 5.32 Å². The van der Waals surface area contributed by atoms with Crippen molar-refractivity contribution in [3.8, 4) is 0 Å². The van der Waals surface area contributed by atoms with Crippen LogP contribution in [0.2, 0.25) is 0 Å². The highest BCUT2D eigenvalue weighted by Gasteiger charge is 2.12. The summed E-state index contributed by atoms with van der Waals surface area (Å²) in [7, 11) is 0. The number of nitrogens with zero attached hydrogens (tertiary/aromatic N) is 1. The number of hydrogen-bond donors (Lipinski definition) is 2. The molecule has 0 radical (unpaired) electrons. The Kier molecular flexibility index (Phi) is 2.48. The van der Waals surface area contributed by atoms with E-state index in [-0.39, 0.29) is 6.23 Å². The molecule has 1 unspecified atom stereocenters. The predicted octanol–water partition coefficient (Wildman–Crippen LogP) is -0.440. The first-order valence-corrected chi connectivity index (χ1v) is 3.58. The van der Waals surface area contributed by atoms with Crippen molar-refractivity contribution in [2.24, 2.45) is 0 Å². The monoisotopic (exact) mass is 228 g/mol. The molecule has 1 aliphatic rings. The van der Waals surface area contributed by atoms with Crippen molar-refractivity contribution in [1.82, 2.24) is 8.43 Å². The van der Waals surface area contributed by atoms with Gasteiger partial charge in [-0.25, -0.2) is 3.11 Å². The molecule has 1 atom stereocenters. The molecule has 8 heavy (non-hydrogen) atoms. The molecule has 0 bridgehead atoms. The maximum absolute atomic E-state index is 8.92. The lowest BCUT2D eigenvalue weighted by molar-refractivity contribution is 0.0977. The minimum Gasteiger partial charge on any atom is -0.377 e. The number of nitrogens with one attached hydrogen (secondary N) is 1. The molecule has 0 saturated carbocycles. The lowest BCUT2D eigenvalue weighted by Crippen LogP contribution is -2.46. The second kappa shape index (κ2) is 2.95. The summed E-state index contributed by atoms with van der Waals surface area (Å²) in [6.07, 6.45) is -0.319. The fraction of sp³-hybridized carbons (Fsp3) is 1.00. The molecule has 0 aliphatic carbocycles. The summed E-state index contributed by atoms with van der Waals surface area (Å²) < 4.78 is 2.07. The van der Waals surface area contributed by atoms with Crippen molar-refractivity contribution in [2.75, 3.05) is 19.6 Å². The maximum Gasteiger partial charge on any atom is 0.118 e. The van der Waals surface area contributed by atoms with Gasteiger partial charge < -0.3 is 5.11 Å². The molecule has 1 saturated heterocycles. The quantitative estimate of drug-likeness (QED) is 0.436. The van der Waals surface area contributed by atoms with E-state index in [4.69, 9.17) is 5.11 Å². The summed E-state index contributed by atoms with van der Waals surface area (Å²) in [6, 6.07) is 0. The van der Waals surface area contributed by atoms with Gasteiger partial charge in [-0.1, -0.05) is 0 Å². The van der Waals surface area contributed by atoms with Gasteiger partial charge in [0.2, 0.25) is 0 Å². The number of halogens is 1. The zero-order chi connectivity index (χ0) is 5.98. The van der Waals surface area contributed by atoms with Crippen LogP contribution in [0, 0.1) is 0 Å². The normalized spacial score (nSPS) is 33.0. The minimum absolute atomic E-state index is 0.319. The van der Waals surface area contributed by atoms with Gasteiger partial charge in [0.05, 0.1) is 0 Å². The van der Waals surface area contributed by atoms with Crippen LogP contribution in [0.3, 0.4) is 0 Å². The molecule has 1 heterocycles. The minimum atomic E-state index is -0.319. The van der Waals surface area contributed by atoms with E-state index >= 15 is 0 Å². The molecule has 0 aromatic carbocycles. The van der Waals surface area contributed by atoms with E-state index in [1.54, 1.807) is 0 Å². The van der Waals surface area contributed by atoms with Crippen molar-refractivity contribution < 1.29 is 5.11 Å². The molecule has 0 spiro atoms. The van der Waals surface area contributed by atoms with Crippen molar-refractivity contribution in [3.05, 3.63) is 0 Å². The maximum atomic E-state index is 8.92. The Morgan fingerprint density at radius 2 is 2.50 bits per heavy atom. The van der Waals surface area contributed by atoms with Crippen LogP contribution in [0.4, 0.5) is 0 Å². The van der Waals surface area contributed by atoms with Crippen LogP contribution in [0.25, 0.3) is 0 Å². The Morgan fingerprint density at radius 3 is 2.88 bits per heavy atom. The zero-order valence-corrected chi connectivity index (χ0v) is 6.63. The second-order valence-corrected chi connectivity index (χ2v) is 3.20. The third-order valence-electron chi connectivity index (χ3n) is 1.11. The molecule has 0 aromatic rings. The Labute approximate surface area is 62.6 Å². The van der Waals surface area contributed by atoms with E-state index in [1.165, 1.54) is 0 Å². The van der Waals surface area contributed by atoms with E-state index in [1.807, 2.05) is 0 Å². The number of piperazine rings is 1. The number of rotatable bonds is 0. The lowest BCUT2D eigenvalue weighted by Gasteiger charge is -2.25. The van der Waals surface area contributed by atoms with Crippen LogP contribution in [-0.4, -0.2) is 34.1 Å². The van der Waals surface area contributed by atoms with Crippen molar-refractivity contribution in [3.63, 3.8) is 0 Å². The zero-order valence-electron chi connectivity index (χ0n) is 4.47. The molecule has 0 amide bonds. The van der Waals surface area contributed by atoms with Gasteiger partial charge in [-0.05, 0) is 0 Å². The van der Waals surface area contributed by atoms with Gasteiger partial charge in [0.1, 0.15) is 6.23 Å². The third-order valence-corrected chi connectivity index (χ3v) is 1.98. The van der Waals surface area contributed by atoms with E-state index < -0.39 is 0 Å². The first kappa shape index (κ1) is 6.73. The second-order valence-electron chi connectivity index (χ2n) is 1.84. The molecule has 1 rings (SSSR count). The smallest absolute Gasteiger partial charge is 0.118 e. The van der Waals surface area contributed by atoms with Crippen molar-refractivity contribution in [1.29, 1.82) is 0 Å². The highest BCUT2D eigenvalue weighted by atomic mass is 127. The molecule has 2 N–H and O–H groups in total. The van der Waals surface area contributed by atoms with Gasteiger partial charge >= 0.3 is 0 Å². The van der Waals surface area contributed by atoms with E-state index in [0.29, 0.717) is 0 Å². The highest BCUT2D eigenvalue weighted by molar-refractivity contribution is 14.1. The lowest BCUT2D eigenvalue weighted by atomic mass is 10.4. The van der Waals surface area contributed by atoms with E-state index in [9.17, 15) is 0 Å². The van der Waals surface area contributed by atoms with Gasteiger partial charge in [0.25, 0.3) is 0 Å². The fourth-order valence-corrected chi connectivity index (χ4v) is 1.31. The summed E-state index contributed by atoms with van der Waals surface area (Å²) in [6.45, 7) is 2.66.